The number of piperidine rings is 1. The number of nitrogens with two attached hydrogens (primary N) is 1. The summed E-state index contributed by atoms with van der Waals surface area (Å²) in [5.74, 6) is 0.269. The molecule has 1 aromatic heterocycles. The van der Waals surface area contributed by atoms with Gasteiger partial charge in [0.05, 0.1) is 10.2 Å². The Hall–Kier alpha value is -0.590. The number of rotatable bonds is 3. The molecule has 1 fully saturated rings. The van der Waals surface area contributed by atoms with Crippen LogP contribution in [0.4, 0.5) is 0 Å². The minimum Gasteiger partial charge on any atom is -0.333 e. The van der Waals surface area contributed by atoms with Gasteiger partial charge in [-0.25, -0.2) is 0 Å². The van der Waals surface area contributed by atoms with Crippen LogP contribution in [0.1, 0.15) is 62.1 Å². The first kappa shape index (κ1) is 18.5. The van der Waals surface area contributed by atoms with E-state index < -0.39 is 0 Å². The fourth-order valence-corrected chi connectivity index (χ4v) is 3.56. The number of H-pyrrole nitrogens is 1. The molecule has 0 spiro atoms. The smallest absolute Gasteiger partial charge is 0.275 e. The Morgan fingerprint density at radius 1 is 1.43 bits per heavy atom. The van der Waals surface area contributed by atoms with Crippen LogP contribution >= 0.6 is 28.3 Å². The zero-order valence-electron chi connectivity index (χ0n) is 12.7. The Morgan fingerprint density at radius 2 is 2.10 bits per heavy atom. The van der Waals surface area contributed by atoms with Crippen molar-refractivity contribution >= 4 is 34.2 Å². The van der Waals surface area contributed by atoms with Gasteiger partial charge in [-0.05, 0) is 48.0 Å². The molecule has 0 bridgehead atoms. The number of nitrogens with one attached hydrogen (secondary N) is 1. The van der Waals surface area contributed by atoms with Crippen LogP contribution in [0, 0.1) is 0 Å². The van der Waals surface area contributed by atoms with E-state index >= 15 is 0 Å². The third-order valence-electron chi connectivity index (χ3n) is 3.93. The van der Waals surface area contributed by atoms with E-state index in [0.29, 0.717) is 11.6 Å². The lowest BCUT2D eigenvalue weighted by Gasteiger charge is -2.37. The van der Waals surface area contributed by atoms with Crippen molar-refractivity contribution in [2.24, 2.45) is 5.73 Å². The van der Waals surface area contributed by atoms with Crippen molar-refractivity contribution in [2.75, 3.05) is 6.54 Å². The van der Waals surface area contributed by atoms with Gasteiger partial charge in [-0.15, -0.1) is 12.4 Å². The minimum absolute atomic E-state index is 0. The predicted octanol–water partition coefficient (Wildman–Crippen LogP) is 3.06. The fraction of sp³-hybridized carbons (Fsp3) is 0.714. The molecule has 2 atom stereocenters. The average Bonchev–Trinajstić information content (AvgIpc) is 2.79. The average molecular weight is 380 g/mol. The number of carbonyl (C=O) groups is 1. The molecule has 2 unspecified atom stereocenters. The van der Waals surface area contributed by atoms with Gasteiger partial charge in [0.25, 0.3) is 5.91 Å². The van der Waals surface area contributed by atoms with E-state index in [1.165, 1.54) is 0 Å². The van der Waals surface area contributed by atoms with E-state index in [1.54, 1.807) is 0 Å². The van der Waals surface area contributed by atoms with Crippen molar-refractivity contribution in [3.63, 3.8) is 0 Å². The monoisotopic (exact) mass is 378 g/mol. The molecule has 3 N–H and O–H groups in total. The van der Waals surface area contributed by atoms with Crippen LogP contribution in [0.5, 0.6) is 0 Å². The predicted molar refractivity (Wildman–Crippen MR) is 89.9 cm³/mol. The van der Waals surface area contributed by atoms with Crippen LogP contribution in [0.2, 0.25) is 0 Å². The molecule has 1 aromatic rings. The molecule has 7 heteroatoms. The summed E-state index contributed by atoms with van der Waals surface area (Å²) < 4.78 is 0.784. The lowest BCUT2D eigenvalue weighted by Crippen LogP contribution is -2.51. The number of hydrogen-bond donors (Lipinski definition) is 2. The maximum Gasteiger partial charge on any atom is 0.275 e. The van der Waals surface area contributed by atoms with E-state index in [4.69, 9.17) is 5.73 Å². The van der Waals surface area contributed by atoms with Crippen molar-refractivity contribution < 1.29 is 4.79 Å². The Kier molecular flexibility index (Phi) is 6.69. The molecule has 2 rings (SSSR count). The van der Waals surface area contributed by atoms with Gasteiger partial charge in [-0.2, -0.15) is 5.10 Å². The van der Waals surface area contributed by atoms with E-state index in [1.807, 2.05) is 11.8 Å². The summed E-state index contributed by atoms with van der Waals surface area (Å²) >= 11 is 3.50. The lowest BCUT2D eigenvalue weighted by molar-refractivity contribution is 0.0576. The molecular formula is C14H24BrClN4O. The Labute approximate surface area is 140 Å². The van der Waals surface area contributed by atoms with E-state index in [2.05, 4.69) is 40.0 Å². The third kappa shape index (κ3) is 3.79. The van der Waals surface area contributed by atoms with Gasteiger partial charge < -0.3 is 10.6 Å². The largest absolute Gasteiger partial charge is 0.333 e. The Morgan fingerprint density at radius 3 is 2.62 bits per heavy atom. The van der Waals surface area contributed by atoms with Crippen LogP contribution in [-0.2, 0) is 0 Å². The highest BCUT2D eigenvalue weighted by atomic mass is 79.9. The van der Waals surface area contributed by atoms with Crippen LogP contribution < -0.4 is 5.73 Å². The van der Waals surface area contributed by atoms with Crippen LogP contribution in [-0.4, -0.2) is 39.6 Å². The summed E-state index contributed by atoms with van der Waals surface area (Å²) in [6, 6.07) is 0.101. The molecule has 1 saturated heterocycles. The number of aromatic nitrogens is 2. The molecule has 1 aliphatic rings. The molecule has 2 heterocycles. The second-order valence-corrected chi connectivity index (χ2v) is 6.67. The highest BCUT2D eigenvalue weighted by Gasteiger charge is 2.32. The summed E-state index contributed by atoms with van der Waals surface area (Å²) in [6.07, 6.45) is 3.14. The zero-order chi connectivity index (χ0) is 14.9. The summed E-state index contributed by atoms with van der Waals surface area (Å²) in [5, 5.41) is 7.16. The van der Waals surface area contributed by atoms with Crippen molar-refractivity contribution in [3.8, 4) is 0 Å². The van der Waals surface area contributed by atoms with Crippen molar-refractivity contribution in [1.82, 2.24) is 15.1 Å². The topological polar surface area (TPSA) is 75.0 Å². The van der Waals surface area contributed by atoms with Crippen molar-refractivity contribution in [2.45, 2.75) is 58.0 Å². The molecule has 0 aliphatic carbocycles. The maximum atomic E-state index is 12.7. The number of amides is 1. The molecule has 0 saturated carbocycles. The standard InChI is InChI=1S/C14H23BrN4O.ClH/c1-8(2)12-11(15)13(18-17-12)14(20)19-7-5-4-6-10(19)9(3)16;/h8-10H,4-7,16H2,1-3H3,(H,17,18);1H. The molecule has 5 nitrogen and oxygen atoms in total. The molecule has 0 radical (unpaired) electrons. The van der Waals surface area contributed by atoms with Crippen LogP contribution in [0.25, 0.3) is 0 Å². The first-order valence-electron chi connectivity index (χ1n) is 7.23. The second-order valence-electron chi connectivity index (χ2n) is 5.88. The number of likely N-dealkylation sites (tertiary alicyclic amines) is 1. The highest BCUT2D eigenvalue weighted by Crippen LogP contribution is 2.28. The van der Waals surface area contributed by atoms with E-state index in [0.717, 1.165) is 36.0 Å². The zero-order valence-corrected chi connectivity index (χ0v) is 15.1. The molecule has 120 valence electrons. The van der Waals surface area contributed by atoms with Crippen molar-refractivity contribution in [1.29, 1.82) is 0 Å². The van der Waals surface area contributed by atoms with Crippen LogP contribution in [0.15, 0.2) is 4.47 Å². The van der Waals surface area contributed by atoms with Gasteiger partial charge in [0.15, 0.2) is 5.69 Å². The van der Waals surface area contributed by atoms with E-state index in [-0.39, 0.29) is 30.4 Å². The van der Waals surface area contributed by atoms with Gasteiger partial charge in [-0.3, -0.25) is 9.89 Å². The fourth-order valence-electron chi connectivity index (χ4n) is 2.76. The quantitative estimate of drug-likeness (QED) is 0.847. The van der Waals surface area contributed by atoms with Gasteiger partial charge in [0, 0.05) is 18.6 Å². The SMILES string of the molecule is CC(C)c1[nH]nc(C(=O)N2CCCCC2C(C)N)c1Br.Cl. The first-order valence-corrected chi connectivity index (χ1v) is 8.03. The molecule has 1 aliphatic heterocycles. The van der Waals surface area contributed by atoms with Gasteiger partial charge in [0.2, 0.25) is 0 Å². The first-order chi connectivity index (χ1) is 9.43. The third-order valence-corrected chi connectivity index (χ3v) is 4.73. The molecule has 0 aromatic carbocycles. The number of hydrogen-bond acceptors (Lipinski definition) is 3. The lowest BCUT2D eigenvalue weighted by atomic mass is 9.96. The summed E-state index contributed by atoms with van der Waals surface area (Å²) in [7, 11) is 0. The number of nitrogens with zero attached hydrogens (tertiary/aromatic N) is 2. The normalized spacial score (nSPS) is 20.3. The summed E-state index contributed by atoms with van der Waals surface area (Å²) in [6.45, 7) is 6.87. The number of aromatic amines is 1. The number of halogens is 2. The Bertz CT molecular complexity index is 489. The Balaban J connectivity index is 0.00000220. The molecule has 21 heavy (non-hydrogen) atoms. The van der Waals surface area contributed by atoms with Crippen molar-refractivity contribution in [3.05, 3.63) is 15.9 Å². The molecule has 1 amide bonds. The number of carbonyl (C=O) groups excluding carboxylic acids is 1. The maximum absolute atomic E-state index is 12.7. The minimum atomic E-state index is -0.0259. The summed E-state index contributed by atoms with van der Waals surface area (Å²) in [4.78, 5) is 14.6. The summed E-state index contributed by atoms with van der Waals surface area (Å²) in [5.41, 5.74) is 7.47. The van der Waals surface area contributed by atoms with Gasteiger partial charge in [0.1, 0.15) is 0 Å². The van der Waals surface area contributed by atoms with E-state index in [9.17, 15) is 4.79 Å². The molecular weight excluding hydrogens is 356 g/mol. The second kappa shape index (κ2) is 7.61. The highest BCUT2D eigenvalue weighted by molar-refractivity contribution is 9.10. The van der Waals surface area contributed by atoms with Gasteiger partial charge in [-0.1, -0.05) is 13.8 Å². The van der Waals surface area contributed by atoms with Gasteiger partial charge >= 0.3 is 0 Å². The van der Waals surface area contributed by atoms with Crippen LogP contribution in [0.3, 0.4) is 0 Å².